The Morgan fingerprint density at radius 2 is 1.88 bits per heavy atom. The molecule has 0 aliphatic heterocycles. The molecule has 26 heavy (non-hydrogen) atoms. The first-order valence-electron chi connectivity index (χ1n) is 8.58. The highest BCUT2D eigenvalue weighted by Gasteiger charge is 2.69. The van der Waals surface area contributed by atoms with Crippen LogP contribution in [0.15, 0.2) is 42.6 Å². The third-order valence-electron chi connectivity index (χ3n) is 5.15. The van der Waals surface area contributed by atoms with Gasteiger partial charge in [-0.2, -0.15) is 0 Å². The van der Waals surface area contributed by atoms with Gasteiger partial charge in [0.25, 0.3) is 5.91 Å². The molecule has 5 rings (SSSR count). The molecule has 0 unspecified atom stereocenters. The number of ketones is 1. The normalized spacial score (nSPS) is 25.8. The minimum atomic E-state index is -1.06. The molecule has 2 aromatic rings. The quantitative estimate of drug-likeness (QED) is 0.844. The number of benzene rings is 1. The zero-order chi connectivity index (χ0) is 18.4. The molecule has 0 spiro atoms. The van der Waals surface area contributed by atoms with Crippen molar-refractivity contribution in [2.75, 3.05) is 0 Å². The van der Waals surface area contributed by atoms with Gasteiger partial charge in [0.05, 0.1) is 0 Å². The number of Topliss-reactive ketones (excluding diaryl/α,β-unsaturated/α-hetero) is 1. The number of nitrogens with one attached hydrogen (secondary N) is 1. The summed E-state index contributed by atoms with van der Waals surface area (Å²) in [5, 5.41) is 3.45. The van der Waals surface area contributed by atoms with Crippen LogP contribution in [-0.4, -0.2) is 27.9 Å². The molecular weight excluding hydrogens is 355 g/mol. The predicted octanol–water partition coefficient (Wildman–Crippen LogP) is 3.46. The van der Waals surface area contributed by atoms with Gasteiger partial charge >= 0.3 is 0 Å². The first-order valence-corrected chi connectivity index (χ1v) is 8.96. The summed E-state index contributed by atoms with van der Waals surface area (Å²) in [4.78, 5) is 28.8. The van der Waals surface area contributed by atoms with Crippen LogP contribution in [0.1, 0.15) is 40.9 Å². The Morgan fingerprint density at radius 3 is 2.58 bits per heavy atom. The largest absolute Gasteiger partial charge is 0.345 e. The lowest BCUT2D eigenvalue weighted by Gasteiger charge is -2.65. The fourth-order valence-corrected chi connectivity index (χ4v) is 4.16. The Morgan fingerprint density at radius 1 is 1.15 bits per heavy atom. The number of hydrogen-bond acceptors (Lipinski definition) is 3. The number of alkyl halides is 1. The lowest BCUT2D eigenvalue weighted by molar-refractivity contribution is -0.162. The van der Waals surface area contributed by atoms with Crippen LogP contribution in [0.2, 0.25) is 5.02 Å². The molecule has 3 saturated carbocycles. The molecule has 1 aromatic carbocycles. The van der Waals surface area contributed by atoms with Crippen molar-refractivity contribution in [2.24, 2.45) is 0 Å². The first-order chi connectivity index (χ1) is 12.4. The molecule has 1 aromatic heterocycles. The maximum atomic E-state index is 13.6. The number of pyridine rings is 1. The fourth-order valence-electron chi connectivity index (χ4n) is 3.95. The van der Waals surface area contributed by atoms with Gasteiger partial charge < -0.3 is 5.32 Å². The smallest absolute Gasteiger partial charge is 0.270 e. The summed E-state index contributed by atoms with van der Waals surface area (Å²) in [6.07, 6.45) is 3.13. The van der Waals surface area contributed by atoms with E-state index in [2.05, 4.69) is 10.3 Å². The van der Waals surface area contributed by atoms with E-state index in [1.807, 2.05) is 18.2 Å². The summed E-state index contributed by atoms with van der Waals surface area (Å²) in [6.45, 7) is 0. The van der Waals surface area contributed by atoms with Crippen LogP contribution in [0, 0.1) is 0 Å². The number of rotatable bonds is 6. The maximum absolute atomic E-state index is 13.6. The van der Waals surface area contributed by atoms with Crippen molar-refractivity contribution in [2.45, 2.75) is 43.3 Å². The second-order valence-electron chi connectivity index (χ2n) is 7.45. The Bertz CT molecular complexity index is 879. The zero-order valence-electron chi connectivity index (χ0n) is 14.1. The molecule has 3 aliphatic carbocycles. The van der Waals surface area contributed by atoms with Gasteiger partial charge in [0.1, 0.15) is 17.1 Å². The number of amides is 1. The van der Waals surface area contributed by atoms with Crippen LogP contribution in [0.25, 0.3) is 0 Å². The highest BCUT2D eigenvalue weighted by Crippen LogP contribution is 2.62. The zero-order valence-corrected chi connectivity index (χ0v) is 14.9. The predicted molar refractivity (Wildman–Crippen MR) is 96.0 cm³/mol. The van der Waals surface area contributed by atoms with Crippen molar-refractivity contribution in [3.8, 4) is 0 Å². The molecule has 3 fully saturated rings. The number of aromatic nitrogens is 1. The third-order valence-corrected chi connectivity index (χ3v) is 5.52. The molecule has 1 N–H and O–H groups in total. The molecule has 0 saturated heterocycles. The standard InChI is InChI=1S/C20H18ClFN2O2/c21-16-4-2-1-3-14(16)9-15(25)7-13-5-6-23-17(8-13)18(26)24-20-10-19(22,11-20)12-20/h1-6,8H,7,9-12H2,(H,24,26). The molecule has 1 heterocycles. The Kier molecular flexibility index (Phi) is 4.07. The van der Waals surface area contributed by atoms with Crippen LogP contribution in [0.3, 0.4) is 0 Å². The fraction of sp³-hybridized carbons (Fsp3) is 0.350. The average Bonchev–Trinajstić information content (AvgIpc) is 2.54. The Balaban J connectivity index is 1.39. The summed E-state index contributed by atoms with van der Waals surface area (Å²) in [5.74, 6) is -0.304. The van der Waals surface area contributed by atoms with E-state index in [1.54, 1.807) is 18.2 Å². The third kappa shape index (κ3) is 3.23. The number of halogens is 2. The van der Waals surface area contributed by atoms with E-state index in [0.29, 0.717) is 24.3 Å². The van der Waals surface area contributed by atoms with Crippen molar-refractivity contribution in [3.05, 3.63) is 64.4 Å². The Hall–Kier alpha value is -2.27. The van der Waals surface area contributed by atoms with Gasteiger partial charge in [0.2, 0.25) is 0 Å². The highest BCUT2D eigenvalue weighted by atomic mass is 35.5. The number of carbonyl (C=O) groups is 2. The van der Waals surface area contributed by atoms with Crippen molar-refractivity contribution in [1.82, 2.24) is 10.3 Å². The van der Waals surface area contributed by atoms with Crippen molar-refractivity contribution < 1.29 is 14.0 Å². The molecule has 4 nitrogen and oxygen atoms in total. The molecule has 0 atom stereocenters. The minimum absolute atomic E-state index is 0.00875. The monoisotopic (exact) mass is 372 g/mol. The summed E-state index contributed by atoms with van der Waals surface area (Å²) in [5.41, 5.74) is 0.319. The molecule has 3 aliphatic rings. The summed E-state index contributed by atoms with van der Waals surface area (Å²) < 4.78 is 13.6. The van der Waals surface area contributed by atoms with E-state index in [4.69, 9.17) is 11.6 Å². The van der Waals surface area contributed by atoms with Crippen LogP contribution in [0.5, 0.6) is 0 Å². The second-order valence-corrected chi connectivity index (χ2v) is 7.86. The van der Waals surface area contributed by atoms with Crippen LogP contribution in [0.4, 0.5) is 4.39 Å². The van der Waals surface area contributed by atoms with E-state index in [9.17, 15) is 14.0 Å². The first kappa shape index (κ1) is 17.2. The van der Waals surface area contributed by atoms with Gasteiger partial charge in [-0.25, -0.2) is 4.39 Å². The van der Waals surface area contributed by atoms with Crippen LogP contribution >= 0.6 is 11.6 Å². The van der Waals surface area contributed by atoms with E-state index < -0.39 is 5.67 Å². The van der Waals surface area contributed by atoms with Gasteiger partial charge in [-0.3, -0.25) is 14.6 Å². The number of nitrogens with zero attached hydrogens (tertiary/aromatic N) is 1. The van der Waals surface area contributed by atoms with Crippen LogP contribution < -0.4 is 5.32 Å². The number of hydrogen-bond donors (Lipinski definition) is 1. The van der Waals surface area contributed by atoms with Crippen LogP contribution in [-0.2, 0) is 17.6 Å². The molecular formula is C20H18ClFN2O2. The molecule has 0 radical (unpaired) electrons. The molecule has 2 bridgehead atoms. The van der Waals surface area contributed by atoms with E-state index in [-0.39, 0.29) is 35.8 Å². The summed E-state index contributed by atoms with van der Waals surface area (Å²) in [6, 6.07) is 10.6. The van der Waals surface area contributed by atoms with E-state index >= 15 is 0 Å². The molecule has 1 amide bonds. The Labute approximate surface area is 155 Å². The second kappa shape index (κ2) is 6.16. The summed E-state index contributed by atoms with van der Waals surface area (Å²) >= 11 is 6.09. The minimum Gasteiger partial charge on any atom is -0.345 e. The molecule has 6 heteroatoms. The van der Waals surface area contributed by atoms with E-state index in [1.165, 1.54) is 6.20 Å². The van der Waals surface area contributed by atoms with Crippen molar-refractivity contribution in [1.29, 1.82) is 0 Å². The average molecular weight is 373 g/mol. The highest BCUT2D eigenvalue weighted by molar-refractivity contribution is 6.31. The van der Waals surface area contributed by atoms with Gasteiger partial charge in [0.15, 0.2) is 0 Å². The lowest BCUT2D eigenvalue weighted by atomic mass is 9.47. The van der Waals surface area contributed by atoms with Crippen molar-refractivity contribution in [3.63, 3.8) is 0 Å². The lowest BCUT2D eigenvalue weighted by Crippen LogP contribution is -2.76. The maximum Gasteiger partial charge on any atom is 0.270 e. The SMILES string of the molecule is O=C(Cc1ccnc(C(=O)NC23CC(F)(C2)C3)c1)Cc1ccccc1Cl. The van der Waals surface area contributed by atoms with Gasteiger partial charge in [-0.1, -0.05) is 29.8 Å². The number of carbonyl (C=O) groups excluding carboxylic acids is 2. The summed E-state index contributed by atoms with van der Waals surface area (Å²) in [7, 11) is 0. The van der Waals surface area contributed by atoms with Gasteiger partial charge in [-0.05, 0) is 29.3 Å². The topological polar surface area (TPSA) is 59.1 Å². The van der Waals surface area contributed by atoms with Crippen molar-refractivity contribution >= 4 is 23.3 Å². The van der Waals surface area contributed by atoms with Gasteiger partial charge in [0, 0.05) is 48.9 Å². The van der Waals surface area contributed by atoms with Gasteiger partial charge in [-0.15, -0.1) is 0 Å². The molecule has 134 valence electrons. The van der Waals surface area contributed by atoms with E-state index in [0.717, 1.165) is 11.1 Å².